The summed E-state index contributed by atoms with van der Waals surface area (Å²) in [6.45, 7) is 0. The van der Waals surface area contributed by atoms with E-state index in [1.807, 2.05) is 0 Å². The van der Waals surface area contributed by atoms with E-state index >= 15 is 0 Å². The van der Waals surface area contributed by atoms with Crippen LogP contribution in [0.3, 0.4) is 0 Å². The maximum Gasteiger partial charge on any atom is 0.264 e. The third-order valence-electron chi connectivity index (χ3n) is 3.91. The molecule has 0 aliphatic rings. The Labute approximate surface area is 146 Å². The van der Waals surface area contributed by atoms with Gasteiger partial charge in [0.25, 0.3) is 6.36 Å². The third kappa shape index (κ3) is 2.79. The first-order valence-corrected chi connectivity index (χ1v) is 7.78. The molecule has 0 aliphatic heterocycles. The highest BCUT2D eigenvalue weighted by molar-refractivity contribution is 5.81. The maximum atomic E-state index is 14.2. The van der Waals surface area contributed by atoms with Crippen molar-refractivity contribution in [2.75, 3.05) is 0 Å². The zero-order valence-corrected chi connectivity index (χ0v) is 13.4. The van der Waals surface area contributed by atoms with Crippen LogP contribution in [0.2, 0.25) is 0 Å². The Balaban J connectivity index is 1.68. The summed E-state index contributed by atoms with van der Waals surface area (Å²) in [5.74, 6) is 0.308. The van der Waals surface area contributed by atoms with Gasteiger partial charge in [0.1, 0.15) is 23.2 Å². The van der Waals surface area contributed by atoms with Crippen LogP contribution in [-0.4, -0.2) is 14.9 Å². The fourth-order valence-corrected chi connectivity index (χ4v) is 2.62. The molecule has 0 radical (unpaired) electrons. The fraction of sp³-hybridized carbons (Fsp3) is 0.0526. The number of rotatable bonds is 4. The lowest BCUT2D eigenvalue weighted by molar-refractivity contribution is 0.0672. The fourth-order valence-electron chi connectivity index (χ4n) is 2.62. The molecule has 6 nitrogen and oxygen atoms in total. The van der Waals surface area contributed by atoms with Crippen molar-refractivity contribution in [2.24, 2.45) is 0 Å². The zero-order chi connectivity index (χ0) is 18.1. The van der Waals surface area contributed by atoms with Gasteiger partial charge in [-0.3, -0.25) is 4.79 Å². The Bertz CT molecular complexity index is 1120. The van der Waals surface area contributed by atoms with E-state index in [-0.39, 0.29) is 33.5 Å². The molecular weight excluding hydrogens is 339 g/mol. The van der Waals surface area contributed by atoms with Crippen LogP contribution in [0.1, 0.15) is 11.9 Å². The van der Waals surface area contributed by atoms with Crippen LogP contribution < -0.4 is 10.2 Å². The average Bonchev–Trinajstić information content (AvgIpc) is 3.08. The number of ether oxygens (including phenoxy) is 1. The summed E-state index contributed by atoms with van der Waals surface area (Å²) in [5, 5.41) is 9.94. The molecule has 0 spiro atoms. The van der Waals surface area contributed by atoms with Gasteiger partial charge in [-0.2, -0.15) is 9.12 Å². The minimum absolute atomic E-state index is 0.0777. The molecule has 0 bridgehead atoms. The van der Waals surface area contributed by atoms with Crippen LogP contribution in [0.25, 0.3) is 22.4 Å². The molecule has 7 heteroatoms. The van der Waals surface area contributed by atoms with Gasteiger partial charge in [0, 0.05) is 17.8 Å². The summed E-state index contributed by atoms with van der Waals surface area (Å²) >= 11 is 0. The second kappa shape index (κ2) is 6.36. The lowest BCUT2D eigenvalue weighted by atomic mass is 10.1. The summed E-state index contributed by atoms with van der Waals surface area (Å²) in [5.41, 5.74) is 0.386. The predicted octanol–water partition coefficient (Wildman–Crippen LogP) is 3.94. The Morgan fingerprint density at radius 3 is 2.73 bits per heavy atom. The Kier molecular flexibility index (Phi) is 3.89. The largest absolute Gasteiger partial charge is 0.463 e. The highest BCUT2D eigenvalue weighted by Gasteiger charge is 2.16. The van der Waals surface area contributed by atoms with Crippen LogP contribution in [0.4, 0.5) is 4.39 Å². The number of alkyl halides is 1. The first kappa shape index (κ1) is 15.9. The van der Waals surface area contributed by atoms with Gasteiger partial charge in [-0.25, -0.2) is 4.98 Å². The molecule has 2 heterocycles. The second-order valence-corrected chi connectivity index (χ2v) is 5.58. The van der Waals surface area contributed by atoms with Crippen molar-refractivity contribution in [3.63, 3.8) is 0 Å². The molecule has 4 aromatic rings. The molecule has 26 heavy (non-hydrogen) atoms. The molecule has 1 unspecified atom stereocenters. The normalized spacial score (nSPS) is 12.2. The molecule has 0 aliphatic carbocycles. The van der Waals surface area contributed by atoms with Crippen LogP contribution in [0.5, 0.6) is 5.75 Å². The molecule has 2 aromatic heterocycles. The third-order valence-corrected chi connectivity index (χ3v) is 3.91. The topological polar surface area (TPSA) is 77.5 Å². The van der Waals surface area contributed by atoms with Crippen molar-refractivity contribution in [2.45, 2.75) is 6.36 Å². The standard InChI is InChI=1S/C19H13FN2O4/c20-18(12-4-2-1-3-5-12)26-13-6-7-14-16(10-13)25-11-15(17(14)23)19-21-8-9-22(19)24/h1-11,18,24H. The van der Waals surface area contributed by atoms with E-state index in [9.17, 15) is 14.4 Å². The Hall–Kier alpha value is -3.61. The van der Waals surface area contributed by atoms with Crippen molar-refractivity contribution in [3.05, 3.63) is 83.0 Å². The van der Waals surface area contributed by atoms with Crippen LogP contribution >= 0.6 is 0 Å². The molecule has 0 amide bonds. The lowest BCUT2D eigenvalue weighted by Gasteiger charge is -2.12. The summed E-state index contributed by atoms with van der Waals surface area (Å²) in [4.78, 5) is 16.5. The SMILES string of the molecule is O=c1c(-c2nccn2O)coc2cc(OC(F)c3ccccc3)ccc12. The van der Waals surface area contributed by atoms with Gasteiger partial charge in [0.05, 0.1) is 11.6 Å². The van der Waals surface area contributed by atoms with Gasteiger partial charge < -0.3 is 14.4 Å². The van der Waals surface area contributed by atoms with E-state index in [0.717, 1.165) is 4.73 Å². The minimum Gasteiger partial charge on any atom is -0.463 e. The average molecular weight is 352 g/mol. The number of nitrogens with zero attached hydrogens (tertiary/aromatic N) is 2. The lowest BCUT2D eigenvalue weighted by Crippen LogP contribution is -2.08. The molecule has 0 fully saturated rings. The molecule has 0 saturated heterocycles. The smallest absolute Gasteiger partial charge is 0.264 e. The summed E-state index contributed by atoms with van der Waals surface area (Å²) in [6.07, 6.45) is 2.23. The zero-order valence-electron chi connectivity index (χ0n) is 13.4. The van der Waals surface area contributed by atoms with Crippen molar-refractivity contribution in [1.82, 2.24) is 9.71 Å². The van der Waals surface area contributed by atoms with Crippen molar-refractivity contribution >= 4 is 11.0 Å². The molecule has 130 valence electrons. The van der Waals surface area contributed by atoms with E-state index < -0.39 is 6.36 Å². The summed E-state index contributed by atoms with van der Waals surface area (Å²) in [6, 6.07) is 12.9. The van der Waals surface area contributed by atoms with E-state index in [0.29, 0.717) is 5.56 Å². The maximum absolute atomic E-state index is 14.2. The van der Waals surface area contributed by atoms with E-state index in [1.165, 1.54) is 36.9 Å². The van der Waals surface area contributed by atoms with Gasteiger partial charge in [-0.05, 0) is 12.1 Å². The van der Waals surface area contributed by atoms with Crippen molar-refractivity contribution in [1.29, 1.82) is 0 Å². The number of halogens is 1. The quantitative estimate of drug-likeness (QED) is 0.563. The second-order valence-electron chi connectivity index (χ2n) is 5.58. The molecule has 4 rings (SSSR count). The molecular formula is C19H13FN2O4. The Morgan fingerprint density at radius 2 is 2.00 bits per heavy atom. The van der Waals surface area contributed by atoms with Crippen LogP contribution in [0, 0.1) is 0 Å². The predicted molar refractivity (Wildman–Crippen MR) is 91.8 cm³/mol. The number of benzene rings is 2. The van der Waals surface area contributed by atoms with Gasteiger partial charge >= 0.3 is 0 Å². The van der Waals surface area contributed by atoms with Gasteiger partial charge in [-0.15, -0.1) is 0 Å². The van der Waals surface area contributed by atoms with Crippen molar-refractivity contribution in [3.8, 4) is 17.1 Å². The summed E-state index contributed by atoms with van der Waals surface area (Å²) in [7, 11) is 0. The molecule has 0 saturated carbocycles. The molecule has 1 atom stereocenters. The molecule has 1 N–H and O–H groups in total. The number of imidazole rings is 1. The number of hydrogen-bond donors (Lipinski definition) is 1. The Morgan fingerprint density at radius 1 is 1.19 bits per heavy atom. The van der Waals surface area contributed by atoms with Crippen LogP contribution in [0.15, 0.2) is 76.4 Å². The monoisotopic (exact) mass is 352 g/mol. The highest BCUT2D eigenvalue weighted by Crippen LogP contribution is 2.26. The van der Waals surface area contributed by atoms with Crippen LogP contribution in [-0.2, 0) is 0 Å². The van der Waals surface area contributed by atoms with E-state index in [2.05, 4.69) is 4.98 Å². The van der Waals surface area contributed by atoms with Gasteiger partial charge in [0.2, 0.25) is 5.43 Å². The highest BCUT2D eigenvalue weighted by atomic mass is 19.1. The number of fused-ring (bicyclic) bond motifs is 1. The van der Waals surface area contributed by atoms with E-state index in [1.54, 1.807) is 30.3 Å². The van der Waals surface area contributed by atoms with Crippen molar-refractivity contribution < 1.29 is 18.8 Å². The first-order valence-electron chi connectivity index (χ1n) is 7.78. The number of hydrogen-bond acceptors (Lipinski definition) is 5. The summed E-state index contributed by atoms with van der Waals surface area (Å²) < 4.78 is 25.7. The van der Waals surface area contributed by atoms with Gasteiger partial charge in [-0.1, -0.05) is 30.3 Å². The number of aromatic nitrogens is 2. The minimum atomic E-state index is -1.64. The van der Waals surface area contributed by atoms with Gasteiger partial charge in [0.15, 0.2) is 5.82 Å². The first-order chi connectivity index (χ1) is 12.6. The molecule has 2 aromatic carbocycles. The van der Waals surface area contributed by atoms with E-state index in [4.69, 9.17) is 9.15 Å².